The number of halogens is 1. The van der Waals surface area contributed by atoms with Crippen molar-refractivity contribution in [3.63, 3.8) is 0 Å². The standard InChI is InChI=1S/C14H18FN3O/c1-17(10-12-9-16-18(2)11-12)7-8-19-14-6-4-3-5-13(14)15/h3-6,9,11H,7-8,10H2,1-2H3. The summed E-state index contributed by atoms with van der Waals surface area (Å²) in [5.41, 5.74) is 1.15. The highest BCUT2D eigenvalue weighted by atomic mass is 19.1. The predicted molar refractivity (Wildman–Crippen MR) is 71.4 cm³/mol. The second-order valence-corrected chi connectivity index (χ2v) is 4.54. The Morgan fingerprint density at radius 1 is 1.37 bits per heavy atom. The Hall–Kier alpha value is -1.88. The zero-order chi connectivity index (χ0) is 13.7. The van der Waals surface area contributed by atoms with Crippen molar-refractivity contribution in [1.82, 2.24) is 14.7 Å². The second-order valence-electron chi connectivity index (χ2n) is 4.54. The number of aromatic nitrogens is 2. The molecule has 0 atom stereocenters. The van der Waals surface area contributed by atoms with E-state index in [0.29, 0.717) is 12.4 Å². The Morgan fingerprint density at radius 2 is 2.16 bits per heavy atom. The molecule has 1 aromatic heterocycles. The Labute approximate surface area is 112 Å². The van der Waals surface area contributed by atoms with Crippen LogP contribution in [-0.4, -0.2) is 34.9 Å². The molecule has 2 rings (SSSR count). The fraction of sp³-hybridized carbons (Fsp3) is 0.357. The van der Waals surface area contributed by atoms with E-state index in [1.165, 1.54) is 6.07 Å². The van der Waals surface area contributed by atoms with Crippen LogP contribution in [0.4, 0.5) is 4.39 Å². The SMILES string of the molecule is CN(CCOc1ccccc1F)Cc1cnn(C)c1. The first-order valence-electron chi connectivity index (χ1n) is 6.18. The monoisotopic (exact) mass is 263 g/mol. The van der Waals surface area contributed by atoms with Crippen LogP contribution in [-0.2, 0) is 13.6 Å². The number of para-hydroxylation sites is 1. The van der Waals surface area contributed by atoms with Crippen LogP contribution < -0.4 is 4.74 Å². The number of aryl methyl sites for hydroxylation is 1. The van der Waals surface area contributed by atoms with Crippen molar-refractivity contribution in [2.75, 3.05) is 20.2 Å². The average molecular weight is 263 g/mol. The van der Waals surface area contributed by atoms with Gasteiger partial charge in [-0.3, -0.25) is 9.58 Å². The smallest absolute Gasteiger partial charge is 0.165 e. The minimum atomic E-state index is -0.322. The summed E-state index contributed by atoms with van der Waals surface area (Å²) in [6.45, 7) is 1.98. The minimum Gasteiger partial charge on any atom is -0.489 e. The topological polar surface area (TPSA) is 30.3 Å². The summed E-state index contributed by atoms with van der Waals surface area (Å²) >= 11 is 0. The predicted octanol–water partition coefficient (Wildman–Crippen LogP) is 2.07. The summed E-state index contributed by atoms with van der Waals surface area (Å²) in [4.78, 5) is 2.11. The largest absolute Gasteiger partial charge is 0.489 e. The average Bonchev–Trinajstić information content (AvgIpc) is 2.77. The first-order chi connectivity index (χ1) is 9.15. The Bertz CT molecular complexity index is 527. The number of benzene rings is 1. The Balaban J connectivity index is 1.75. The lowest BCUT2D eigenvalue weighted by Crippen LogP contribution is -2.23. The third kappa shape index (κ3) is 4.06. The Kier molecular flexibility index (Phi) is 4.52. The number of likely N-dealkylation sites (N-methyl/N-ethyl adjacent to an activating group) is 1. The molecule has 0 N–H and O–H groups in total. The van der Waals surface area contributed by atoms with Crippen LogP contribution in [0, 0.1) is 5.82 Å². The highest BCUT2D eigenvalue weighted by Crippen LogP contribution is 2.15. The van der Waals surface area contributed by atoms with Gasteiger partial charge in [0.05, 0.1) is 6.20 Å². The van der Waals surface area contributed by atoms with Crippen LogP contribution in [0.25, 0.3) is 0 Å². The first kappa shape index (κ1) is 13.5. The quantitative estimate of drug-likeness (QED) is 0.799. The molecule has 4 nitrogen and oxygen atoms in total. The van der Waals surface area contributed by atoms with E-state index in [-0.39, 0.29) is 5.82 Å². The molecule has 0 saturated heterocycles. The van der Waals surface area contributed by atoms with E-state index in [2.05, 4.69) is 10.00 Å². The normalized spacial score (nSPS) is 10.9. The summed E-state index contributed by atoms with van der Waals surface area (Å²) in [6.07, 6.45) is 3.82. The number of ether oxygens (including phenoxy) is 1. The molecule has 0 aliphatic carbocycles. The fourth-order valence-electron chi connectivity index (χ4n) is 1.82. The lowest BCUT2D eigenvalue weighted by atomic mass is 10.3. The lowest BCUT2D eigenvalue weighted by Gasteiger charge is -2.16. The highest BCUT2D eigenvalue weighted by Gasteiger charge is 2.04. The van der Waals surface area contributed by atoms with Crippen molar-refractivity contribution in [2.45, 2.75) is 6.54 Å². The van der Waals surface area contributed by atoms with Crippen molar-refractivity contribution in [3.8, 4) is 5.75 Å². The van der Waals surface area contributed by atoms with Gasteiger partial charge < -0.3 is 4.74 Å². The molecule has 0 unspecified atom stereocenters. The van der Waals surface area contributed by atoms with Gasteiger partial charge in [0.1, 0.15) is 6.61 Å². The van der Waals surface area contributed by atoms with Crippen LogP contribution in [0.2, 0.25) is 0 Å². The second kappa shape index (κ2) is 6.33. The molecule has 0 aliphatic rings. The molecule has 0 bridgehead atoms. The van der Waals surface area contributed by atoms with Gasteiger partial charge in [0.25, 0.3) is 0 Å². The van der Waals surface area contributed by atoms with Crippen LogP contribution in [0.1, 0.15) is 5.56 Å². The molecule has 0 aliphatic heterocycles. The van der Waals surface area contributed by atoms with Crippen LogP contribution in [0.5, 0.6) is 5.75 Å². The molecule has 0 radical (unpaired) electrons. The van der Waals surface area contributed by atoms with Gasteiger partial charge in [-0.2, -0.15) is 5.10 Å². The summed E-state index contributed by atoms with van der Waals surface area (Å²) in [7, 11) is 3.89. The number of hydrogen-bond acceptors (Lipinski definition) is 3. The number of rotatable bonds is 6. The summed E-state index contributed by atoms with van der Waals surface area (Å²) < 4.78 is 20.5. The zero-order valence-electron chi connectivity index (χ0n) is 11.2. The maximum Gasteiger partial charge on any atom is 0.165 e. The van der Waals surface area contributed by atoms with Gasteiger partial charge >= 0.3 is 0 Å². The van der Waals surface area contributed by atoms with Crippen molar-refractivity contribution in [2.24, 2.45) is 7.05 Å². The van der Waals surface area contributed by atoms with Crippen molar-refractivity contribution >= 4 is 0 Å². The highest BCUT2D eigenvalue weighted by molar-refractivity contribution is 5.23. The van der Waals surface area contributed by atoms with Crippen LogP contribution in [0.15, 0.2) is 36.7 Å². The van der Waals surface area contributed by atoms with E-state index in [1.54, 1.807) is 22.9 Å². The van der Waals surface area contributed by atoms with E-state index in [9.17, 15) is 4.39 Å². The van der Waals surface area contributed by atoms with Crippen molar-refractivity contribution in [1.29, 1.82) is 0 Å². The molecule has 102 valence electrons. The summed E-state index contributed by atoms with van der Waals surface area (Å²) in [5.74, 6) is -0.0188. The molecule has 2 aromatic rings. The zero-order valence-corrected chi connectivity index (χ0v) is 11.2. The molecular formula is C14H18FN3O. The van der Waals surface area contributed by atoms with E-state index < -0.39 is 0 Å². The van der Waals surface area contributed by atoms with Gasteiger partial charge in [0, 0.05) is 31.9 Å². The van der Waals surface area contributed by atoms with Gasteiger partial charge in [-0.1, -0.05) is 12.1 Å². The van der Waals surface area contributed by atoms with E-state index >= 15 is 0 Å². The lowest BCUT2D eigenvalue weighted by molar-refractivity contribution is 0.226. The summed E-state index contributed by atoms with van der Waals surface area (Å²) in [6, 6.07) is 6.44. The number of hydrogen-bond donors (Lipinski definition) is 0. The van der Waals surface area contributed by atoms with Crippen LogP contribution >= 0.6 is 0 Å². The fourth-order valence-corrected chi connectivity index (χ4v) is 1.82. The molecule has 0 spiro atoms. The maximum atomic E-state index is 13.3. The van der Waals surface area contributed by atoms with Crippen molar-refractivity contribution < 1.29 is 9.13 Å². The van der Waals surface area contributed by atoms with Crippen LogP contribution in [0.3, 0.4) is 0 Å². The molecule has 1 aromatic carbocycles. The van der Waals surface area contributed by atoms with Gasteiger partial charge in [0.15, 0.2) is 11.6 Å². The molecule has 1 heterocycles. The summed E-state index contributed by atoms with van der Waals surface area (Å²) in [5, 5.41) is 4.12. The molecule has 0 saturated carbocycles. The third-order valence-corrected chi connectivity index (χ3v) is 2.78. The molecule has 0 amide bonds. The van der Waals surface area contributed by atoms with Gasteiger partial charge in [-0.15, -0.1) is 0 Å². The minimum absolute atomic E-state index is 0.303. The molecular weight excluding hydrogens is 245 g/mol. The first-order valence-corrected chi connectivity index (χ1v) is 6.18. The van der Waals surface area contributed by atoms with Gasteiger partial charge in [-0.25, -0.2) is 4.39 Å². The van der Waals surface area contributed by atoms with E-state index in [1.807, 2.05) is 26.5 Å². The van der Waals surface area contributed by atoms with Gasteiger partial charge in [0.2, 0.25) is 0 Å². The maximum absolute atomic E-state index is 13.3. The van der Waals surface area contributed by atoms with Gasteiger partial charge in [-0.05, 0) is 19.2 Å². The molecule has 19 heavy (non-hydrogen) atoms. The van der Waals surface area contributed by atoms with E-state index in [0.717, 1.165) is 18.7 Å². The van der Waals surface area contributed by atoms with Crippen molar-refractivity contribution in [3.05, 3.63) is 48.0 Å². The molecule has 0 fully saturated rings. The molecule has 5 heteroatoms. The Morgan fingerprint density at radius 3 is 2.84 bits per heavy atom. The third-order valence-electron chi connectivity index (χ3n) is 2.78. The van der Waals surface area contributed by atoms with E-state index in [4.69, 9.17) is 4.74 Å². The number of nitrogens with zero attached hydrogens (tertiary/aromatic N) is 3.